The van der Waals surface area contributed by atoms with Gasteiger partial charge in [-0.1, -0.05) is 36.4 Å². The highest BCUT2D eigenvalue weighted by atomic mass is 16.5. The number of fused-ring (bicyclic) bond motifs is 2. The predicted octanol–water partition coefficient (Wildman–Crippen LogP) is 3.89. The molecule has 0 atom stereocenters. The Morgan fingerprint density at radius 1 is 1.12 bits per heavy atom. The molecule has 3 heteroatoms. The van der Waals surface area contributed by atoms with Crippen LogP contribution in [0, 0.1) is 0 Å². The van der Waals surface area contributed by atoms with Crippen LogP contribution in [0.4, 0.5) is 0 Å². The molecule has 2 aromatic rings. The van der Waals surface area contributed by atoms with Crippen molar-refractivity contribution in [1.29, 1.82) is 0 Å². The number of hydrogen-bond acceptors (Lipinski definition) is 3. The van der Waals surface area contributed by atoms with Gasteiger partial charge in [0.05, 0.1) is 0 Å². The number of ether oxygens (including phenoxy) is 1. The summed E-state index contributed by atoms with van der Waals surface area (Å²) in [6, 6.07) is 14.9. The molecule has 1 aliphatic heterocycles. The molecule has 2 aromatic carbocycles. The van der Waals surface area contributed by atoms with E-state index >= 15 is 0 Å². The van der Waals surface area contributed by atoms with E-state index in [1.165, 1.54) is 27.8 Å². The molecule has 0 unspecified atom stereocenters. The van der Waals surface area contributed by atoms with Crippen LogP contribution in [-0.4, -0.2) is 37.3 Å². The van der Waals surface area contributed by atoms with Crippen LogP contribution in [0.15, 0.2) is 48.5 Å². The maximum atomic E-state index is 9.12. The van der Waals surface area contributed by atoms with E-state index in [0.717, 1.165) is 31.6 Å². The molecule has 25 heavy (non-hydrogen) atoms. The van der Waals surface area contributed by atoms with E-state index in [2.05, 4.69) is 67.5 Å². The van der Waals surface area contributed by atoms with Gasteiger partial charge in [-0.2, -0.15) is 0 Å². The van der Waals surface area contributed by atoms with Gasteiger partial charge in [0, 0.05) is 18.7 Å². The van der Waals surface area contributed by atoms with Crippen molar-refractivity contribution in [3.8, 4) is 5.75 Å². The van der Waals surface area contributed by atoms with Gasteiger partial charge in [-0.05, 0) is 67.8 Å². The number of aryl methyl sites for hydroxylation is 1. The molecule has 1 aliphatic rings. The third-order valence-corrected chi connectivity index (χ3v) is 4.57. The molecular weight excluding hydrogens is 310 g/mol. The van der Waals surface area contributed by atoms with Crippen molar-refractivity contribution in [3.05, 3.63) is 70.8 Å². The number of benzene rings is 2. The highest BCUT2D eigenvalue weighted by Gasteiger charge is 2.19. The fourth-order valence-electron chi connectivity index (χ4n) is 3.25. The smallest absolute Gasteiger partial charge is 0.127 e. The summed E-state index contributed by atoms with van der Waals surface area (Å²) in [7, 11) is 4.20. The lowest BCUT2D eigenvalue weighted by Gasteiger charge is -2.13. The molecule has 3 nitrogen and oxygen atoms in total. The monoisotopic (exact) mass is 337 g/mol. The Labute approximate surface area is 150 Å². The third-order valence-electron chi connectivity index (χ3n) is 4.57. The van der Waals surface area contributed by atoms with Gasteiger partial charge in [0.1, 0.15) is 12.4 Å². The van der Waals surface area contributed by atoms with Crippen molar-refractivity contribution in [2.75, 3.05) is 27.2 Å². The standard InChI is InChI=1S/C22H27NO2/c1-23(2)13-5-10-20-19-9-4-3-8-18(19)16-25-22-12-11-17(7-6-14-24)15-21(20)22/h3-4,8-12,15,24H,5-7,13-14,16H2,1-2H3/b20-10+. The molecular formula is C22H27NO2. The molecule has 0 bridgehead atoms. The summed E-state index contributed by atoms with van der Waals surface area (Å²) in [6.07, 6.45) is 5.01. The zero-order valence-corrected chi connectivity index (χ0v) is 15.2. The SMILES string of the molecule is CN(C)CC/C=C1\c2ccccc2COc2ccc(CCCO)cc21. The van der Waals surface area contributed by atoms with E-state index in [4.69, 9.17) is 9.84 Å². The van der Waals surface area contributed by atoms with Gasteiger partial charge in [0.2, 0.25) is 0 Å². The Balaban J connectivity index is 2.03. The zero-order valence-electron chi connectivity index (χ0n) is 15.2. The fourth-order valence-corrected chi connectivity index (χ4v) is 3.25. The van der Waals surface area contributed by atoms with Crippen LogP contribution in [0.5, 0.6) is 5.75 Å². The average molecular weight is 337 g/mol. The summed E-state index contributed by atoms with van der Waals surface area (Å²) in [5, 5.41) is 9.12. The Kier molecular flexibility index (Phi) is 5.90. The van der Waals surface area contributed by atoms with Crippen LogP contribution >= 0.6 is 0 Å². The third kappa shape index (κ3) is 4.30. The second-order valence-corrected chi connectivity index (χ2v) is 6.81. The topological polar surface area (TPSA) is 32.7 Å². The molecule has 1 heterocycles. The van der Waals surface area contributed by atoms with Crippen LogP contribution in [0.3, 0.4) is 0 Å². The Hall–Kier alpha value is -2.10. The quantitative estimate of drug-likeness (QED) is 0.868. The lowest BCUT2D eigenvalue weighted by Crippen LogP contribution is -2.12. The number of nitrogens with zero attached hydrogens (tertiary/aromatic N) is 1. The van der Waals surface area contributed by atoms with E-state index in [9.17, 15) is 0 Å². The van der Waals surface area contributed by atoms with Crippen molar-refractivity contribution in [2.24, 2.45) is 0 Å². The number of aliphatic hydroxyl groups excluding tert-OH is 1. The molecule has 0 aliphatic carbocycles. The lowest BCUT2D eigenvalue weighted by atomic mass is 9.92. The lowest BCUT2D eigenvalue weighted by molar-refractivity contribution is 0.288. The van der Waals surface area contributed by atoms with E-state index in [1.54, 1.807) is 0 Å². The largest absolute Gasteiger partial charge is 0.488 e. The summed E-state index contributed by atoms with van der Waals surface area (Å²) in [4.78, 5) is 2.20. The van der Waals surface area contributed by atoms with Crippen LogP contribution in [0.1, 0.15) is 35.1 Å². The van der Waals surface area contributed by atoms with Crippen molar-refractivity contribution in [3.63, 3.8) is 0 Å². The van der Waals surface area contributed by atoms with E-state index < -0.39 is 0 Å². The van der Waals surface area contributed by atoms with Crippen LogP contribution in [0.2, 0.25) is 0 Å². The van der Waals surface area contributed by atoms with Gasteiger partial charge in [-0.3, -0.25) is 0 Å². The van der Waals surface area contributed by atoms with Crippen molar-refractivity contribution < 1.29 is 9.84 Å². The number of aliphatic hydroxyl groups is 1. The Morgan fingerprint density at radius 3 is 2.76 bits per heavy atom. The normalized spacial score (nSPS) is 14.8. The van der Waals surface area contributed by atoms with Crippen LogP contribution in [0.25, 0.3) is 5.57 Å². The minimum Gasteiger partial charge on any atom is -0.488 e. The maximum absolute atomic E-state index is 9.12. The van der Waals surface area contributed by atoms with Gasteiger partial charge in [-0.15, -0.1) is 0 Å². The van der Waals surface area contributed by atoms with Gasteiger partial charge in [0.25, 0.3) is 0 Å². The van der Waals surface area contributed by atoms with Crippen molar-refractivity contribution in [2.45, 2.75) is 25.9 Å². The van der Waals surface area contributed by atoms with Crippen LogP contribution in [-0.2, 0) is 13.0 Å². The highest BCUT2D eigenvalue weighted by molar-refractivity contribution is 5.85. The first-order valence-corrected chi connectivity index (χ1v) is 8.99. The second kappa shape index (κ2) is 8.32. The molecule has 0 spiro atoms. The first-order chi connectivity index (χ1) is 12.2. The Morgan fingerprint density at radius 2 is 1.96 bits per heavy atom. The molecule has 0 saturated heterocycles. The maximum Gasteiger partial charge on any atom is 0.127 e. The number of rotatable bonds is 6. The van der Waals surface area contributed by atoms with E-state index in [1.807, 2.05) is 0 Å². The molecule has 0 amide bonds. The molecule has 0 radical (unpaired) electrons. The first-order valence-electron chi connectivity index (χ1n) is 8.99. The fraction of sp³-hybridized carbons (Fsp3) is 0.364. The Bertz CT molecular complexity index is 749. The summed E-state index contributed by atoms with van der Waals surface area (Å²) in [6.45, 7) is 1.85. The van der Waals surface area contributed by atoms with E-state index in [-0.39, 0.29) is 6.61 Å². The predicted molar refractivity (Wildman–Crippen MR) is 103 cm³/mol. The first kappa shape index (κ1) is 17.7. The minimum absolute atomic E-state index is 0.224. The summed E-state index contributed by atoms with van der Waals surface area (Å²) in [5.74, 6) is 0.944. The summed E-state index contributed by atoms with van der Waals surface area (Å²) < 4.78 is 6.09. The van der Waals surface area contributed by atoms with E-state index in [0.29, 0.717) is 6.61 Å². The zero-order chi connectivity index (χ0) is 17.6. The molecule has 0 aromatic heterocycles. The molecule has 1 N–H and O–H groups in total. The molecule has 0 saturated carbocycles. The summed E-state index contributed by atoms with van der Waals surface area (Å²) >= 11 is 0. The molecule has 3 rings (SSSR count). The van der Waals surface area contributed by atoms with Gasteiger partial charge in [-0.25, -0.2) is 0 Å². The molecule has 0 fully saturated rings. The molecule has 132 valence electrons. The minimum atomic E-state index is 0.224. The highest BCUT2D eigenvalue weighted by Crippen LogP contribution is 2.37. The second-order valence-electron chi connectivity index (χ2n) is 6.81. The van der Waals surface area contributed by atoms with Crippen molar-refractivity contribution >= 4 is 5.57 Å². The van der Waals surface area contributed by atoms with Gasteiger partial charge in [0.15, 0.2) is 0 Å². The average Bonchev–Trinajstić information content (AvgIpc) is 2.77. The van der Waals surface area contributed by atoms with Crippen LogP contribution < -0.4 is 4.74 Å². The number of hydrogen-bond donors (Lipinski definition) is 1. The van der Waals surface area contributed by atoms with Gasteiger partial charge < -0.3 is 14.7 Å². The van der Waals surface area contributed by atoms with Crippen molar-refractivity contribution in [1.82, 2.24) is 4.90 Å². The summed E-state index contributed by atoms with van der Waals surface area (Å²) in [5.41, 5.74) is 6.16. The van der Waals surface area contributed by atoms with Gasteiger partial charge >= 0.3 is 0 Å².